The van der Waals surface area contributed by atoms with Crippen LogP contribution in [0.15, 0.2) is 0 Å². The van der Waals surface area contributed by atoms with Crippen LogP contribution in [-0.4, -0.2) is 55.2 Å². The van der Waals surface area contributed by atoms with Gasteiger partial charge in [0.15, 0.2) is 0 Å². The molecule has 0 aliphatic carbocycles. The molecule has 3 N–H and O–H groups in total. The van der Waals surface area contributed by atoms with Gasteiger partial charge >= 0.3 is 0 Å². The Morgan fingerprint density at radius 2 is 2.26 bits per heavy atom. The highest BCUT2D eigenvalue weighted by atomic mass is 16.5. The zero-order chi connectivity index (χ0) is 14.0. The Hall–Kier alpha value is -0.650. The van der Waals surface area contributed by atoms with E-state index in [1.54, 1.807) is 0 Å². The van der Waals surface area contributed by atoms with Gasteiger partial charge in [0.05, 0.1) is 18.8 Å². The molecule has 2 rings (SSSR count). The monoisotopic (exact) mass is 269 g/mol. The number of hydrogen-bond donors (Lipinski definition) is 2. The molecule has 0 spiro atoms. The van der Waals surface area contributed by atoms with Gasteiger partial charge in [-0.25, -0.2) is 0 Å². The van der Waals surface area contributed by atoms with Crippen LogP contribution in [0, 0.1) is 5.41 Å². The molecule has 5 nitrogen and oxygen atoms in total. The predicted molar refractivity (Wildman–Crippen MR) is 74.8 cm³/mol. The number of ether oxygens (including phenoxy) is 1. The number of morpholine rings is 1. The summed E-state index contributed by atoms with van der Waals surface area (Å²) in [6, 6.07) is 0.124. The van der Waals surface area contributed by atoms with Crippen LogP contribution in [0.5, 0.6) is 0 Å². The summed E-state index contributed by atoms with van der Waals surface area (Å²) < 4.78 is 5.81. The Bertz CT molecular complexity index is 327. The number of carbonyl (C=O) groups excluding carboxylic acids is 1. The molecule has 0 aromatic heterocycles. The molecule has 5 heteroatoms. The number of nitrogens with two attached hydrogens (primary N) is 1. The summed E-state index contributed by atoms with van der Waals surface area (Å²) in [5.41, 5.74) is 5.72. The van der Waals surface area contributed by atoms with Crippen LogP contribution >= 0.6 is 0 Å². The van der Waals surface area contributed by atoms with Crippen molar-refractivity contribution in [1.82, 2.24) is 10.2 Å². The third-order valence-electron chi connectivity index (χ3n) is 4.18. The molecule has 0 aromatic rings. The van der Waals surface area contributed by atoms with E-state index in [0.717, 1.165) is 13.2 Å². The summed E-state index contributed by atoms with van der Waals surface area (Å²) in [5, 5.41) is 2.92. The standard InChI is InChI=1S/C14H27N3O2/c1-14(2,3)12(15)13(18)16-7-11-8-17-6-4-5-10(17)9-19-11/h10-12H,4-9,15H2,1-3H3,(H,16,18)/t10?,11?,12-/m0/s1. The van der Waals surface area contributed by atoms with Gasteiger partial charge in [0.2, 0.25) is 5.91 Å². The van der Waals surface area contributed by atoms with E-state index in [-0.39, 0.29) is 17.4 Å². The maximum Gasteiger partial charge on any atom is 0.237 e. The van der Waals surface area contributed by atoms with E-state index >= 15 is 0 Å². The molecule has 0 saturated carbocycles. The lowest BCUT2D eigenvalue weighted by Crippen LogP contribution is -2.53. The molecule has 2 aliphatic rings. The van der Waals surface area contributed by atoms with E-state index in [4.69, 9.17) is 10.5 Å². The van der Waals surface area contributed by atoms with Crippen molar-refractivity contribution in [3.63, 3.8) is 0 Å². The van der Waals surface area contributed by atoms with Crippen molar-refractivity contribution in [1.29, 1.82) is 0 Å². The zero-order valence-electron chi connectivity index (χ0n) is 12.3. The molecule has 3 atom stereocenters. The maximum absolute atomic E-state index is 12.0. The summed E-state index contributed by atoms with van der Waals surface area (Å²) in [7, 11) is 0. The van der Waals surface area contributed by atoms with Crippen molar-refractivity contribution in [2.24, 2.45) is 11.1 Å². The van der Waals surface area contributed by atoms with Crippen LogP contribution in [0.1, 0.15) is 33.6 Å². The molecule has 2 unspecified atom stereocenters. The van der Waals surface area contributed by atoms with Gasteiger partial charge in [-0.05, 0) is 24.8 Å². The minimum atomic E-state index is -0.476. The van der Waals surface area contributed by atoms with Gasteiger partial charge < -0.3 is 15.8 Å². The first-order valence-electron chi connectivity index (χ1n) is 7.27. The summed E-state index contributed by atoms with van der Waals surface area (Å²) in [6.45, 7) is 9.38. The molecule has 2 fully saturated rings. The van der Waals surface area contributed by atoms with Gasteiger partial charge in [-0.1, -0.05) is 20.8 Å². The van der Waals surface area contributed by atoms with E-state index in [1.165, 1.54) is 19.4 Å². The lowest BCUT2D eigenvalue weighted by Gasteiger charge is -2.35. The first-order chi connectivity index (χ1) is 8.88. The lowest BCUT2D eigenvalue weighted by molar-refractivity contribution is -0.126. The fraction of sp³-hybridized carbons (Fsp3) is 0.929. The van der Waals surface area contributed by atoms with Gasteiger partial charge in [0, 0.05) is 19.1 Å². The normalized spacial score (nSPS) is 29.9. The third kappa shape index (κ3) is 3.68. The summed E-state index contributed by atoms with van der Waals surface area (Å²) in [5.74, 6) is -0.0837. The van der Waals surface area contributed by atoms with Crippen LogP contribution < -0.4 is 11.1 Å². The molecule has 2 aliphatic heterocycles. The van der Waals surface area contributed by atoms with Crippen molar-refractivity contribution in [2.75, 3.05) is 26.2 Å². The lowest BCUT2D eigenvalue weighted by atomic mass is 9.87. The van der Waals surface area contributed by atoms with Crippen molar-refractivity contribution in [2.45, 2.75) is 51.8 Å². The van der Waals surface area contributed by atoms with Gasteiger partial charge in [0.25, 0.3) is 0 Å². The van der Waals surface area contributed by atoms with Crippen molar-refractivity contribution in [3.8, 4) is 0 Å². The third-order valence-corrected chi connectivity index (χ3v) is 4.18. The van der Waals surface area contributed by atoms with Crippen molar-refractivity contribution < 1.29 is 9.53 Å². The highest BCUT2D eigenvalue weighted by Gasteiger charge is 2.33. The Kier molecular flexibility index (Phi) is 4.48. The Morgan fingerprint density at radius 1 is 1.53 bits per heavy atom. The van der Waals surface area contributed by atoms with Crippen LogP contribution in [0.25, 0.3) is 0 Å². The van der Waals surface area contributed by atoms with Gasteiger partial charge in [0.1, 0.15) is 0 Å². The molecular formula is C14H27N3O2. The first-order valence-corrected chi connectivity index (χ1v) is 7.27. The second-order valence-corrected chi connectivity index (χ2v) is 6.84. The highest BCUT2D eigenvalue weighted by Crippen LogP contribution is 2.22. The Morgan fingerprint density at radius 3 is 2.95 bits per heavy atom. The topological polar surface area (TPSA) is 67.6 Å². The van der Waals surface area contributed by atoms with Gasteiger partial charge in [-0.15, -0.1) is 0 Å². The maximum atomic E-state index is 12.0. The Balaban J connectivity index is 1.75. The molecule has 19 heavy (non-hydrogen) atoms. The molecule has 2 saturated heterocycles. The predicted octanol–water partition coefficient (Wildman–Crippen LogP) is 0.339. The fourth-order valence-corrected chi connectivity index (χ4v) is 2.73. The average molecular weight is 269 g/mol. The summed E-state index contributed by atoms with van der Waals surface area (Å²) in [6.07, 6.45) is 2.61. The number of nitrogens with zero attached hydrogens (tertiary/aromatic N) is 1. The number of hydrogen-bond acceptors (Lipinski definition) is 4. The minimum Gasteiger partial charge on any atom is -0.373 e. The fourth-order valence-electron chi connectivity index (χ4n) is 2.73. The first kappa shape index (κ1) is 14.8. The molecule has 0 radical (unpaired) electrons. The number of rotatable bonds is 3. The average Bonchev–Trinajstić information content (AvgIpc) is 2.81. The second-order valence-electron chi connectivity index (χ2n) is 6.84. The number of carbonyl (C=O) groups is 1. The number of amides is 1. The van der Waals surface area contributed by atoms with Crippen LogP contribution in [0.4, 0.5) is 0 Å². The van der Waals surface area contributed by atoms with Crippen molar-refractivity contribution in [3.05, 3.63) is 0 Å². The SMILES string of the molecule is CC(C)(C)[C@@H](N)C(=O)NCC1CN2CCCC2CO1. The Labute approximate surface area is 115 Å². The van der Waals surface area contributed by atoms with Crippen LogP contribution in [-0.2, 0) is 9.53 Å². The van der Waals surface area contributed by atoms with Crippen LogP contribution in [0.2, 0.25) is 0 Å². The molecule has 110 valence electrons. The summed E-state index contributed by atoms with van der Waals surface area (Å²) in [4.78, 5) is 14.4. The van der Waals surface area contributed by atoms with E-state index in [2.05, 4.69) is 10.2 Å². The molecule has 0 bridgehead atoms. The van der Waals surface area contributed by atoms with E-state index in [1.807, 2.05) is 20.8 Å². The number of fused-ring (bicyclic) bond motifs is 1. The number of nitrogens with one attached hydrogen (secondary N) is 1. The smallest absolute Gasteiger partial charge is 0.237 e. The van der Waals surface area contributed by atoms with Crippen molar-refractivity contribution >= 4 is 5.91 Å². The van der Waals surface area contributed by atoms with Gasteiger partial charge in [-0.3, -0.25) is 9.69 Å². The van der Waals surface area contributed by atoms with Gasteiger partial charge in [-0.2, -0.15) is 0 Å². The van der Waals surface area contributed by atoms with E-state index in [9.17, 15) is 4.79 Å². The van der Waals surface area contributed by atoms with E-state index in [0.29, 0.717) is 12.6 Å². The molecule has 0 aromatic carbocycles. The zero-order valence-corrected chi connectivity index (χ0v) is 12.3. The second kappa shape index (κ2) is 5.77. The molecule has 1 amide bonds. The van der Waals surface area contributed by atoms with E-state index < -0.39 is 6.04 Å². The quantitative estimate of drug-likeness (QED) is 0.775. The largest absolute Gasteiger partial charge is 0.373 e. The summed E-state index contributed by atoms with van der Waals surface area (Å²) >= 11 is 0. The molecule has 2 heterocycles. The van der Waals surface area contributed by atoms with Crippen LogP contribution in [0.3, 0.4) is 0 Å². The molecular weight excluding hydrogens is 242 g/mol. The highest BCUT2D eigenvalue weighted by molar-refractivity contribution is 5.82. The minimum absolute atomic E-state index is 0.0837.